The van der Waals surface area contributed by atoms with Gasteiger partial charge in [0, 0.05) is 31.3 Å². The Bertz CT molecular complexity index is 1090. The van der Waals surface area contributed by atoms with E-state index in [9.17, 15) is 4.79 Å². The fourth-order valence-corrected chi connectivity index (χ4v) is 4.04. The molecule has 0 saturated heterocycles. The van der Waals surface area contributed by atoms with Crippen molar-refractivity contribution in [1.82, 2.24) is 24.6 Å². The number of fused-ring (bicyclic) bond motifs is 3. The number of aryl methyl sites for hydroxylation is 2. The summed E-state index contributed by atoms with van der Waals surface area (Å²) in [7, 11) is 1.69. The van der Waals surface area contributed by atoms with Gasteiger partial charge >= 0.3 is 0 Å². The maximum Gasteiger partial charge on any atom is 0.257 e. The van der Waals surface area contributed by atoms with Crippen molar-refractivity contribution in [3.63, 3.8) is 0 Å². The van der Waals surface area contributed by atoms with E-state index in [0.29, 0.717) is 24.0 Å². The van der Waals surface area contributed by atoms with Crippen LogP contribution in [0.2, 0.25) is 0 Å². The summed E-state index contributed by atoms with van der Waals surface area (Å²) in [4.78, 5) is 23.8. The number of aliphatic hydroxyl groups is 1. The van der Waals surface area contributed by atoms with Crippen molar-refractivity contribution in [3.8, 4) is 17.2 Å². The van der Waals surface area contributed by atoms with E-state index >= 15 is 0 Å². The molecule has 1 aromatic carbocycles. The second-order valence-electron chi connectivity index (χ2n) is 7.78. The fourth-order valence-electron chi connectivity index (χ4n) is 4.04. The van der Waals surface area contributed by atoms with Gasteiger partial charge in [-0.25, -0.2) is 14.6 Å². The SMILES string of the molecule is CN(CCO)C(=O)c1cnn(-c2ncc3c(n2)-c2ccccc2CC3)c1C1CC1. The van der Waals surface area contributed by atoms with Gasteiger partial charge < -0.3 is 10.0 Å². The predicted molar refractivity (Wildman–Crippen MR) is 108 cm³/mol. The van der Waals surface area contributed by atoms with Crippen LogP contribution in [0.1, 0.15) is 45.9 Å². The lowest BCUT2D eigenvalue weighted by atomic mass is 9.90. The molecule has 2 aliphatic carbocycles. The second-order valence-corrected chi connectivity index (χ2v) is 7.78. The first-order chi connectivity index (χ1) is 14.2. The van der Waals surface area contributed by atoms with Gasteiger partial charge in [-0.1, -0.05) is 24.3 Å². The van der Waals surface area contributed by atoms with Gasteiger partial charge in [-0.3, -0.25) is 4.79 Å². The van der Waals surface area contributed by atoms with E-state index in [2.05, 4.69) is 28.3 Å². The Hall–Kier alpha value is -3.06. The summed E-state index contributed by atoms with van der Waals surface area (Å²) in [5.74, 6) is 0.674. The third-order valence-electron chi connectivity index (χ3n) is 5.76. The van der Waals surface area contributed by atoms with Gasteiger partial charge in [0.05, 0.1) is 29.8 Å². The molecule has 1 amide bonds. The average Bonchev–Trinajstić information content (AvgIpc) is 3.50. The molecule has 2 aromatic heterocycles. The quantitative estimate of drug-likeness (QED) is 0.724. The maximum absolute atomic E-state index is 12.8. The van der Waals surface area contributed by atoms with Gasteiger partial charge in [0.25, 0.3) is 11.9 Å². The summed E-state index contributed by atoms with van der Waals surface area (Å²) in [5.41, 5.74) is 6.01. The number of likely N-dealkylation sites (N-methyl/N-ethyl adjacent to an activating group) is 1. The van der Waals surface area contributed by atoms with Crippen molar-refractivity contribution in [2.45, 2.75) is 31.6 Å². The number of carbonyl (C=O) groups excluding carboxylic acids is 1. The summed E-state index contributed by atoms with van der Waals surface area (Å²) >= 11 is 0. The molecule has 29 heavy (non-hydrogen) atoms. The average molecular weight is 389 g/mol. The number of aromatic nitrogens is 4. The molecule has 1 saturated carbocycles. The van der Waals surface area contributed by atoms with Crippen LogP contribution in [0.5, 0.6) is 0 Å². The smallest absolute Gasteiger partial charge is 0.257 e. The number of benzene rings is 1. The van der Waals surface area contributed by atoms with E-state index < -0.39 is 0 Å². The van der Waals surface area contributed by atoms with Gasteiger partial charge in [-0.2, -0.15) is 5.10 Å². The Labute approximate surface area is 169 Å². The zero-order chi connectivity index (χ0) is 20.0. The van der Waals surface area contributed by atoms with Crippen LogP contribution >= 0.6 is 0 Å². The van der Waals surface area contributed by atoms with E-state index in [4.69, 9.17) is 10.1 Å². The first kappa shape index (κ1) is 18.0. The lowest BCUT2D eigenvalue weighted by Gasteiger charge is -2.19. The van der Waals surface area contributed by atoms with Gasteiger partial charge in [-0.15, -0.1) is 0 Å². The molecule has 0 bridgehead atoms. The second kappa shape index (κ2) is 7.08. The highest BCUT2D eigenvalue weighted by Gasteiger charge is 2.34. The van der Waals surface area contributed by atoms with Crippen LogP contribution in [-0.4, -0.2) is 55.9 Å². The van der Waals surface area contributed by atoms with E-state index in [1.807, 2.05) is 12.3 Å². The van der Waals surface area contributed by atoms with Crippen molar-refractivity contribution >= 4 is 5.91 Å². The number of rotatable bonds is 5. The first-order valence-electron chi connectivity index (χ1n) is 10.1. The van der Waals surface area contributed by atoms with Crippen LogP contribution in [0.4, 0.5) is 0 Å². The molecule has 1 fully saturated rings. The minimum Gasteiger partial charge on any atom is -0.395 e. The van der Waals surface area contributed by atoms with Crippen molar-refractivity contribution < 1.29 is 9.90 Å². The maximum atomic E-state index is 12.8. The lowest BCUT2D eigenvalue weighted by Crippen LogP contribution is -2.30. The number of nitrogens with zero attached hydrogens (tertiary/aromatic N) is 5. The van der Waals surface area contributed by atoms with Gasteiger partial charge in [0.1, 0.15) is 0 Å². The van der Waals surface area contributed by atoms with Crippen LogP contribution < -0.4 is 0 Å². The molecule has 0 radical (unpaired) electrons. The highest BCUT2D eigenvalue weighted by Crippen LogP contribution is 2.42. The van der Waals surface area contributed by atoms with E-state index in [1.165, 1.54) is 10.5 Å². The molecule has 0 aliphatic heterocycles. The van der Waals surface area contributed by atoms with Crippen LogP contribution in [0.15, 0.2) is 36.7 Å². The number of aliphatic hydroxyl groups excluding tert-OH is 1. The summed E-state index contributed by atoms with van der Waals surface area (Å²) in [6, 6.07) is 8.35. The molecular weight excluding hydrogens is 366 g/mol. The standard InChI is InChI=1S/C22H23N5O2/c1-26(10-11-28)21(29)18-13-24-27(20(18)15-7-8-15)22-23-12-16-9-6-14-4-2-3-5-17(14)19(16)25-22/h2-5,12-13,15,28H,6-11H2,1H3. The molecule has 0 atom stereocenters. The van der Waals surface area contributed by atoms with Crippen molar-refractivity contribution in [1.29, 1.82) is 0 Å². The molecule has 2 aliphatic rings. The van der Waals surface area contributed by atoms with Gasteiger partial charge in [0.15, 0.2) is 0 Å². The summed E-state index contributed by atoms with van der Waals surface area (Å²) in [5, 5.41) is 13.7. The predicted octanol–water partition coefficient (Wildman–Crippen LogP) is 2.37. The molecular formula is C22H23N5O2. The van der Waals surface area contributed by atoms with E-state index in [1.54, 1.807) is 17.9 Å². The van der Waals surface area contributed by atoms with Crippen molar-refractivity contribution in [2.24, 2.45) is 0 Å². The highest BCUT2D eigenvalue weighted by molar-refractivity contribution is 5.95. The Balaban J connectivity index is 1.59. The fraction of sp³-hybridized carbons (Fsp3) is 0.364. The zero-order valence-corrected chi connectivity index (χ0v) is 16.4. The van der Waals surface area contributed by atoms with Gasteiger partial charge in [0.2, 0.25) is 0 Å². The first-order valence-corrected chi connectivity index (χ1v) is 10.1. The van der Waals surface area contributed by atoms with E-state index in [-0.39, 0.29) is 12.5 Å². The van der Waals surface area contributed by atoms with Crippen LogP contribution in [-0.2, 0) is 12.8 Å². The summed E-state index contributed by atoms with van der Waals surface area (Å²) in [6.07, 6.45) is 7.49. The van der Waals surface area contributed by atoms with Crippen molar-refractivity contribution in [2.75, 3.05) is 20.2 Å². The third-order valence-corrected chi connectivity index (χ3v) is 5.76. The lowest BCUT2D eigenvalue weighted by molar-refractivity contribution is 0.0765. The Morgan fingerprint density at radius 3 is 2.79 bits per heavy atom. The van der Waals surface area contributed by atoms with Crippen LogP contribution in [0.25, 0.3) is 17.2 Å². The number of carbonyl (C=O) groups is 1. The summed E-state index contributed by atoms with van der Waals surface area (Å²) < 4.78 is 1.73. The van der Waals surface area contributed by atoms with Crippen LogP contribution in [0, 0.1) is 0 Å². The highest BCUT2D eigenvalue weighted by atomic mass is 16.3. The Kier molecular flexibility index (Phi) is 4.39. The largest absolute Gasteiger partial charge is 0.395 e. The topological polar surface area (TPSA) is 84.1 Å². The number of amides is 1. The van der Waals surface area contributed by atoms with Crippen molar-refractivity contribution in [3.05, 3.63) is 59.0 Å². The number of hydrogen-bond donors (Lipinski definition) is 1. The Morgan fingerprint density at radius 1 is 1.21 bits per heavy atom. The monoisotopic (exact) mass is 389 g/mol. The molecule has 0 spiro atoms. The van der Waals surface area contributed by atoms with Gasteiger partial charge in [-0.05, 0) is 36.8 Å². The minimum absolute atomic E-state index is 0.0670. The molecule has 0 unspecified atom stereocenters. The van der Waals surface area contributed by atoms with E-state index in [0.717, 1.165) is 48.2 Å². The molecule has 7 heteroatoms. The zero-order valence-electron chi connectivity index (χ0n) is 16.4. The molecule has 148 valence electrons. The number of hydrogen-bond acceptors (Lipinski definition) is 5. The molecule has 1 N–H and O–H groups in total. The molecule has 3 aromatic rings. The Morgan fingerprint density at radius 2 is 2.00 bits per heavy atom. The molecule has 5 rings (SSSR count). The minimum atomic E-state index is -0.129. The normalized spacial score (nSPS) is 15.0. The summed E-state index contributed by atoms with van der Waals surface area (Å²) in [6.45, 7) is 0.225. The molecule has 2 heterocycles. The molecule has 7 nitrogen and oxygen atoms in total. The van der Waals surface area contributed by atoms with Crippen LogP contribution in [0.3, 0.4) is 0 Å². The third kappa shape index (κ3) is 3.11.